The van der Waals surface area contributed by atoms with Crippen molar-refractivity contribution < 1.29 is 14.3 Å². The molecule has 0 saturated carbocycles. The first-order valence-corrected chi connectivity index (χ1v) is 8.51. The number of carbonyl (C=O) groups is 2. The summed E-state index contributed by atoms with van der Waals surface area (Å²) in [6.07, 6.45) is 2.23. The summed E-state index contributed by atoms with van der Waals surface area (Å²) < 4.78 is 8.17. The van der Waals surface area contributed by atoms with Crippen LogP contribution in [0.15, 0.2) is 47.4 Å². The Morgan fingerprint density at radius 3 is 3.00 bits per heavy atom. The van der Waals surface area contributed by atoms with Crippen molar-refractivity contribution in [3.8, 4) is 5.75 Å². The molecule has 0 saturated heterocycles. The van der Waals surface area contributed by atoms with E-state index in [4.69, 9.17) is 4.74 Å². The molecule has 0 bridgehead atoms. The zero-order valence-electron chi connectivity index (χ0n) is 14.3. The van der Waals surface area contributed by atoms with E-state index in [-0.39, 0.29) is 24.1 Å². The van der Waals surface area contributed by atoms with E-state index in [0.29, 0.717) is 42.2 Å². The average molecular weight is 367 g/mol. The number of aromatic nitrogens is 3. The standard InChI is InChI=1S/C18H17N5O4/c24-16-11-27-14-10-12(5-6-13(14)20-16)17(25)19-7-3-9-23-18(26)22-8-2-1-4-15(22)21-23/h1-2,4-6,8,10H,3,7,9,11H2,(H,19,25)(H,20,24). The minimum Gasteiger partial charge on any atom is -0.482 e. The lowest BCUT2D eigenvalue weighted by molar-refractivity contribution is -0.118. The maximum atomic E-state index is 12.3. The highest BCUT2D eigenvalue weighted by molar-refractivity contribution is 5.98. The third kappa shape index (κ3) is 3.39. The van der Waals surface area contributed by atoms with Crippen molar-refractivity contribution in [2.45, 2.75) is 13.0 Å². The van der Waals surface area contributed by atoms with Gasteiger partial charge in [0.2, 0.25) is 0 Å². The Kier molecular flexibility index (Phi) is 4.33. The SMILES string of the molecule is O=C1COc2cc(C(=O)NCCCn3nc4ccccn4c3=O)ccc2N1. The maximum Gasteiger partial charge on any atom is 0.350 e. The van der Waals surface area contributed by atoms with E-state index in [0.717, 1.165) is 0 Å². The Balaban J connectivity index is 1.34. The molecule has 2 amide bonds. The van der Waals surface area contributed by atoms with Crippen LogP contribution in [0.25, 0.3) is 5.65 Å². The average Bonchev–Trinajstić information content (AvgIpc) is 3.00. The van der Waals surface area contributed by atoms with Crippen LogP contribution < -0.4 is 21.1 Å². The van der Waals surface area contributed by atoms with Crippen LogP contribution in [0, 0.1) is 0 Å². The largest absolute Gasteiger partial charge is 0.482 e. The van der Waals surface area contributed by atoms with E-state index < -0.39 is 0 Å². The van der Waals surface area contributed by atoms with Gasteiger partial charge in [-0.3, -0.25) is 14.0 Å². The summed E-state index contributed by atoms with van der Waals surface area (Å²) in [6, 6.07) is 10.2. The molecule has 138 valence electrons. The Labute approximate surface area is 153 Å². The first kappa shape index (κ1) is 16.8. The number of amides is 2. The van der Waals surface area contributed by atoms with Gasteiger partial charge in [-0.2, -0.15) is 0 Å². The van der Waals surface area contributed by atoms with Crippen molar-refractivity contribution in [2.75, 3.05) is 18.5 Å². The zero-order chi connectivity index (χ0) is 18.8. The fourth-order valence-corrected chi connectivity index (χ4v) is 2.86. The van der Waals surface area contributed by atoms with Gasteiger partial charge in [0.25, 0.3) is 11.8 Å². The Bertz CT molecular complexity index is 1080. The van der Waals surface area contributed by atoms with Gasteiger partial charge in [-0.25, -0.2) is 9.48 Å². The van der Waals surface area contributed by atoms with Gasteiger partial charge in [-0.15, -0.1) is 5.10 Å². The van der Waals surface area contributed by atoms with Crippen LogP contribution in [0.3, 0.4) is 0 Å². The highest BCUT2D eigenvalue weighted by Crippen LogP contribution is 2.28. The number of anilines is 1. The van der Waals surface area contributed by atoms with E-state index in [1.54, 1.807) is 36.5 Å². The summed E-state index contributed by atoms with van der Waals surface area (Å²) in [7, 11) is 0. The molecule has 2 N–H and O–H groups in total. The van der Waals surface area contributed by atoms with Crippen molar-refractivity contribution in [3.05, 3.63) is 58.6 Å². The number of rotatable bonds is 5. The smallest absolute Gasteiger partial charge is 0.350 e. The van der Waals surface area contributed by atoms with Crippen molar-refractivity contribution in [3.63, 3.8) is 0 Å². The van der Waals surface area contributed by atoms with E-state index in [1.807, 2.05) is 6.07 Å². The normalized spacial score (nSPS) is 13.0. The molecule has 0 atom stereocenters. The number of nitrogens with one attached hydrogen (secondary N) is 2. The third-order valence-corrected chi connectivity index (χ3v) is 4.20. The second kappa shape index (κ2) is 6.94. The summed E-state index contributed by atoms with van der Waals surface area (Å²) >= 11 is 0. The first-order chi connectivity index (χ1) is 13.1. The summed E-state index contributed by atoms with van der Waals surface area (Å²) in [5.41, 5.74) is 1.38. The number of hydrogen-bond donors (Lipinski definition) is 2. The number of benzene rings is 1. The van der Waals surface area contributed by atoms with E-state index in [9.17, 15) is 14.4 Å². The van der Waals surface area contributed by atoms with Gasteiger partial charge >= 0.3 is 5.69 Å². The zero-order valence-corrected chi connectivity index (χ0v) is 14.3. The fourth-order valence-electron chi connectivity index (χ4n) is 2.86. The summed E-state index contributed by atoms with van der Waals surface area (Å²) in [4.78, 5) is 35.7. The summed E-state index contributed by atoms with van der Waals surface area (Å²) in [5, 5.41) is 9.73. The van der Waals surface area contributed by atoms with E-state index >= 15 is 0 Å². The van der Waals surface area contributed by atoms with Crippen LogP contribution in [-0.2, 0) is 11.3 Å². The van der Waals surface area contributed by atoms with Gasteiger partial charge < -0.3 is 15.4 Å². The fraction of sp³-hybridized carbons (Fsp3) is 0.222. The predicted molar refractivity (Wildman–Crippen MR) is 97.0 cm³/mol. The van der Waals surface area contributed by atoms with Crippen molar-refractivity contribution >= 4 is 23.1 Å². The summed E-state index contributed by atoms with van der Waals surface area (Å²) in [5.74, 6) is 0.000964. The number of aryl methyl sites for hydroxylation is 1. The quantitative estimate of drug-likeness (QED) is 0.644. The molecular formula is C18H17N5O4. The first-order valence-electron chi connectivity index (χ1n) is 8.51. The van der Waals surface area contributed by atoms with Gasteiger partial charge in [0.05, 0.1) is 5.69 Å². The minimum atomic E-state index is -0.249. The van der Waals surface area contributed by atoms with Gasteiger partial charge in [-0.1, -0.05) is 6.07 Å². The minimum absolute atomic E-state index is 0.0637. The van der Waals surface area contributed by atoms with Crippen LogP contribution in [0.5, 0.6) is 5.75 Å². The molecule has 1 aliphatic rings. The van der Waals surface area contributed by atoms with Crippen LogP contribution in [-0.4, -0.2) is 39.1 Å². The molecule has 4 rings (SSSR count). The molecular weight excluding hydrogens is 350 g/mol. The van der Waals surface area contributed by atoms with Crippen molar-refractivity contribution in [1.82, 2.24) is 19.5 Å². The molecule has 9 heteroatoms. The van der Waals surface area contributed by atoms with E-state index in [1.165, 1.54) is 9.08 Å². The third-order valence-electron chi connectivity index (χ3n) is 4.20. The molecule has 0 aliphatic carbocycles. The maximum absolute atomic E-state index is 12.3. The number of carbonyl (C=O) groups excluding carboxylic acids is 2. The van der Waals surface area contributed by atoms with Crippen LogP contribution >= 0.6 is 0 Å². The van der Waals surface area contributed by atoms with Crippen LogP contribution in [0.1, 0.15) is 16.8 Å². The lowest BCUT2D eigenvalue weighted by atomic mass is 10.1. The second-order valence-corrected chi connectivity index (χ2v) is 6.09. The number of nitrogens with zero attached hydrogens (tertiary/aromatic N) is 3. The molecule has 1 aromatic carbocycles. The molecule has 0 spiro atoms. The number of hydrogen-bond acceptors (Lipinski definition) is 5. The highest BCUT2D eigenvalue weighted by atomic mass is 16.5. The number of ether oxygens (including phenoxy) is 1. The van der Waals surface area contributed by atoms with Gasteiger partial charge in [0.15, 0.2) is 12.3 Å². The molecule has 3 heterocycles. The van der Waals surface area contributed by atoms with Crippen LogP contribution in [0.2, 0.25) is 0 Å². The number of fused-ring (bicyclic) bond motifs is 2. The lowest BCUT2D eigenvalue weighted by Crippen LogP contribution is -2.28. The molecule has 0 fully saturated rings. The topological polar surface area (TPSA) is 107 Å². The van der Waals surface area contributed by atoms with Gasteiger partial charge in [0.1, 0.15) is 5.75 Å². The second-order valence-electron chi connectivity index (χ2n) is 6.09. The Morgan fingerprint density at radius 1 is 1.26 bits per heavy atom. The monoisotopic (exact) mass is 367 g/mol. The predicted octanol–water partition coefficient (Wildman–Crippen LogP) is 0.647. The molecule has 1 aliphatic heterocycles. The Hall–Kier alpha value is -3.62. The van der Waals surface area contributed by atoms with Crippen LogP contribution in [0.4, 0.5) is 5.69 Å². The highest BCUT2D eigenvalue weighted by Gasteiger charge is 2.17. The van der Waals surface area contributed by atoms with Crippen molar-refractivity contribution in [1.29, 1.82) is 0 Å². The molecule has 9 nitrogen and oxygen atoms in total. The molecule has 2 aromatic heterocycles. The summed E-state index contributed by atoms with van der Waals surface area (Å²) in [6.45, 7) is 0.736. The number of pyridine rings is 1. The van der Waals surface area contributed by atoms with E-state index in [2.05, 4.69) is 15.7 Å². The van der Waals surface area contributed by atoms with Gasteiger partial charge in [0, 0.05) is 24.8 Å². The molecule has 3 aromatic rings. The van der Waals surface area contributed by atoms with Gasteiger partial charge in [-0.05, 0) is 36.8 Å². The molecule has 27 heavy (non-hydrogen) atoms. The van der Waals surface area contributed by atoms with Crippen molar-refractivity contribution in [2.24, 2.45) is 0 Å². The Morgan fingerprint density at radius 2 is 2.15 bits per heavy atom. The lowest BCUT2D eigenvalue weighted by Gasteiger charge is -2.18. The molecule has 0 unspecified atom stereocenters. The molecule has 0 radical (unpaired) electrons.